The summed E-state index contributed by atoms with van der Waals surface area (Å²) < 4.78 is 1.34. The van der Waals surface area contributed by atoms with E-state index in [1.54, 1.807) is 0 Å². The number of rotatable bonds is 2. The van der Waals surface area contributed by atoms with E-state index in [-0.39, 0.29) is 0 Å². The van der Waals surface area contributed by atoms with E-state index < -0.39 is 6.09 Å². The normalized spacial score (nSPS) is 9.62. The Labute approximate surface area is 90.5 Å². The lowest BCUT2D eigenvalue weighted by molar-refractivity contribution is -0.864. The van der Waals surface area contributed by atoms with Gasteiger partial charge >= 0.3 is 0 Å². The van der Waals surface area contributed by atoms with Crippen LogP contribution in [0.1, 0.15) is 0 Å². The first-order valence-electron chi connectivity index (χ1n) is 3.51. The first-order chi connectivity index (χ1) is 5.70. The Morgan fingerprint density at radius 3 is 1.85 bits per heavy atom. The van der Waals surface area contributed by atoms with E-state index >= 15 is 0 Å². The zero-order valence-corrected chi connectivity index (χ0v) is 9.89. The SMILES string of the molecule is C=CC[N+](C)(C)C.O=C([O-])N(S)S. The highest BCUT2D eigenvalue weighted by atomic mass is 32.2. The van der Waals surface area contributed by atoms with E-state index in [0.29, 0.717) is 3.71 Å². The summed E-state index contributed by atoms with van der Waals surface area (Å²) >= 11 is 6.46. The summed E-state index contributed by atoms with van der Waals surface area (Å²) in [5.74, 6) is 0. The van der Waals surface area contributed by atoms with Crippen LogP contribution in [-0.2, 0) is 0 Å². The largest absolute Gasteiger partial charge is 0.529 e. The predicted molar refractivity (Wildman–Crippen MR) is 58.3 cm³/mol. The fourth-order valence-electron chi connectivity index (χ4n) is 0.387. The Balaban J connectivity index is 0. The molecule has 0 unspecified atom stereocenters. The maximum Gasteiger partial charge on any atom is 0.157 e. The third-order valence-electron chi connectivity index (χ3n) is 0.840. The van der Waals surface area contributed by atoms with Crippen LogP contribution in [0.15, 0.2) is 12.7 Å². The van der Waals surface area contributed by atoms with Crippen LogP contribution in [0.25, 0.3) is 0 Å². The molecule has 0 aliphatic carbocycles. The smallest absolute Gasteiger partial charge is 0.157 e. The number of amides is 1. The van der Waals surface area contributed by atoms with Crippen LogP contribution in [0.5, 0.6) is 0 Å². The van der Waals surface area contributed by atoms with Crippen LogP contribution in [0.4, 0.5) is 4.79 Å². The van der Waals surface area contributed by atoms with Gasteiger partial charge in [0.1, 0.15) is 0 Å². The molecule has 0 spiro atoms. The van der Waals surface area contributed by atoms with Gasteiger partial charge < -0.3 is 14.4 Å². The van der Waals surface area contributed by atoms with Crippen molar-refractivity contribution in [1.29, 1.82) is 0 Å². The van der Waals surface area contributed by atoms with Crippen molar-refractivity contribution in [3.63, 3.8) is 0 Å². The molecule has 0 aromatic rings. The molecule has 4 nitrogen and oxygen atoms in total. The molecule has 0 radical (unpaired) electrons. The summed E-state index contributed by atoms with van der Waals surface area (Å²) in [4.78, 5) is 9.36. The third kappa shape index (κ3) is 18.5. The van der Waals surface area contributed by atoms with Gasteiger partial charge in [-0.3, -0.25) is 0 Å². The van der Waals surface area contributed by atoms with Gasteiger partial charge in [0.2, 0.25) is 0 Å². The molecule has 0 saturated carbocycles. The van der Waals surface area contributed by atoms with Crippen molar-refractivity contribution in [2.24, 2.45) is 0 Å². The molecule has 0 bridgehead atoms. The molecule has 78 valence electrons. The molecular formula is C7H16N2O2S2. The molecule has 0 heterocycles. The summed E-state index contributed by atoms with van der Waals surface area (Å²) in [6, 6.07) is 0. The van der Waals surface area contributed by atoms with Gasteiger partial charge in [0, 0.05) is 0 Å². The molecule has 0 aromatic heterocycles. The number of nitrogens with zero attached hydrogens (tertiary/aromatic N) is 2. The second kappa shape index (κ2) is 7.11. The van der Waals surface area contributed by atoms with Gasteiger partial charge in [-0.2, -0.15) is 0 Å². The average molecular weight is 224 g/mol. The number of carbonyl (C=O) groups is 1. The fourth-order valence-corrected chi connectivity index (χ4v) is 0.387. The van der Waals surface area contributed by atoms with Crippen molar-refractivity contribution in [2.75, 3.05) is 27.7 Å². The first-order valence-corrected chi connectivity index (χ1v) is 4.31. The molecule has 6 heteroatoms. The van der Waals surface area contributed by atoms with E-state index in [4.69, 9.17) is 0 Å². The van der Waals surface area contributed by atoms with E-state index in [9.17, 15) is 9.90 Å². The molecule has 0 aliphatic rings. The number of hydrogen-bond acceptors (Lipinski definition) is 4. The fraction of sp³-hybridized carbons (Fsp3) is 0.571. The van der Waals surface area contributed by atoms with Crippen LogP contribution < -0.4 is 5.11 Å². The van der Waals surface area contributed by atoms with Crippen molar-refractivity contribution in [1.82, 2.24) is 3.71 Å². The van der Waals surface area contributed by atoms with Gasteiger partial charge in [-0.25, -0.2) is 3.71 Å². The number of hydrogen-bond donors (Lipinski definition) is 2. The van der Waals surface area contributed by atoms with Gasteiger partial charge in [0.15, 0.2) is 6.09 Å². The average Bonchev–Trinajstić information content (AvgIpc) is 1.85. The molecule has 0 fully saturated rings. The van der Waals surface area contributed by atoms with Crippen molar-refractivity contribution in [3.8, 4) is 0 Å². The summed E-state index contributed by atoms with van der Waals surface area (Å²) in [5.41, 5.74) is 0. The predicted octanol–water partition coefficient (Wildman–Crippen LogP) is 0.200. The van der Waals surface area contributed by atoms with Crippen molar-refractivity contribution in [3.05, 3.63) is 12.7 Å². The molecule has 0 N–H and O–H groups in total. The maximum atomic E-state index is 9.36. The first kappa shape index (κ1) is 15.2. The minimum Gasteiger partial charge on any atom is -0.529 e. The Kier molecular flexibility index (Phi) is 8.29. The Hall–Kier alpha value is -0.330. The summed E-state index contributed by atoms with van der Waals surface area (Å²) in [6.45, 7) is 4.67. The van der Waals surface area contributed by atoms with Crippen LogP contribution in [-0.4, -0.2) is 42.0 Å². The molecule has 1 amide bonds. The van der Waals surface area contributed by atoms with Crippen molar-refractivity contribution < 1.29 is 14.4 Å². The Morgan fingerprint density at radius 2 is 1.85 bits per heavy atom. The topological polar surface area (TPSA) is 43.4 Å². The quantitative estimate of drug-likeness (QED) is 0.400. The second-order valence-electron chi connectivity index (χ2n) is 3.32. The van der Waals surface area contributed by atoms with Crippen LogP contribution in [0.2, 0.25) is 0 Å². The van der Waals surface area contributed by atoms with E-state index in [0.717, 1.165) is 11.0 Å². The van der Waals surface area contributed by atoms with Crippen LogP contribution >= 0.6 is 25.6 Å². The lowest BCUT2D eigenvalue weighted by Gasteiger charge is -2.21. The second-order valence-corrected chi connectivity index (χ2v) is 4.43. The molecule has 0 aromatic carbocycles. The number of carbonyl (C=O) groups excluding carboxylic acids is 1. The monoisotopic (exact) mass is 224 g/mol. The zero-order valence-electron chi connectivity index (χ0n) is 8.10. The van der Waals surface area contributed by atoms with Crippen molar-refractivity contribution >= 4 is 31.7 Å². The Bertz CT molecular complexity index is 166. The van der Waals surface area contributed by atoms with Crippen LogP contribution in [0.3, 0.4) is 0 Å². The number of thiol groups is 2. The number of carboxylic acid groups (broad SMARTS) is 1. The standard InChI is InChI=1S/C6H14N.CH3NO2S2/c1-5-6-7(2,3)4;3-1(4)2(5)6/h5H,1,6H2,2-4H3;5-6H,(H,3,4)/q+1;/p-1. The van der Waals surface area contributed by atoms with Gasteiger partial charge in [0.25, 0.3) is 0 Å². The molecule has 13 heavy (non-hydrogen) atoms. The lowest BCUT2D eigenvalue weighted by atomic mass is 10.5. The highest BCUT2D eigenvalue weighted by molar-refractivity contribution is 7.94. The summed E-state index contributed by atoms with van der Waals surface area (Å²) in [6.07, 6.45) is 0.502. The number of likely N-dealkylation sites (N-methyl/N-ethyl adjacent to an activating group) is 1. The van der Waals surface area contributed by atoms with E-state index in [2.05, 4.69) is 53.4 Å². The van der Waals surface area contributed by atoms with Gasteiger partial charge in [-0.05, 0) is 6.08 Å². The van der Waals surface area contributed by atoms with E-state index in [1.165, 1.54) is 0 Å². The Morgan fingerprint density at radius 1 is 1.54 bits per heavy atom. The maximum absolute atomic E-state index is 9.36. The third-order valence-corrected chi connectivity index (χ3v) is 1.17. The van der Waals surface area contributed by atoms with Gasteiger partial charge in [-0.15, -0.1) is 0 Å². The highest BCUT2D eigenvalue weighted by Crippen LogP contribution is 1.92. The molecule has 0 saturated heterocycles. The minimum atomic E-state index is -1.43. The van der Waals surface area contributed by atoms with Gasteiger partial charge in [0.05, 0.1) is 27.7 Å². The lowest BCUT2D eigenvalue weighted by Crippen LogP contribution is -2.33. The highest BCUT2D eigenvalue weighted by Gasteiger charge is 1.99. The van der Waals surface area contributed by atoms with Crippen LogP contribution in [0, 0.1) is 0 Å². The molecule has 0 atom stereocenters. The van der Waals surface area contributed by atoms with E-state index in [1.807, 2.05) is 6.08 Å². The molecule has 0 aliphatic heterocycles. The van der Waals surface area contributed by atoms with Gasteiger partial charge in [-0.1, -0.05) is 32.2 Å². The zero-order chi connectivity index (χ0) is 11.1. The number of quaternary nitrogens is 1. The molecular weight excluding hydrogens is 208 g/mol. The van der Waals surface area contributed by atoms with Crippen molar-refractivity contribution in [2.45, 2.75) is 0 Å². The molecule has 0 rings (SSSR count). The summed E-state index contributed by atoms with van der Waals surface area (Å²) in [7, 11) is 6.42. The minimum absolute atomic E-state index is 0.361. The summed E-state index contributed by atoms with van der Waals surface area (Å²) in [5, 5.41) is 9.36.